The Morgan fingerprint density at radius 2 is 2.12 bits per heavy atom. The molecule has 5 N–H and O–H groups in total. The Hall–Kier alpha value is -1.73. The van der Waals surface area contributed by atoms with Crippen molar-refractivity contribution in [1.82, 2.24) is 4.98 Å². The van der Waals surface area contributed by atoms with E-state index >= 15 is 0 Å². The van der Waals surface area contributed by atoms with Crippen molar-refractivity contribution in [2.45, 2.75) is 76.3 Å². The van der Waals surface area contributed by atoms with Gasteiger partial charge in [-0.2, -0.15) is 0 Å². The van der Waals surface area contributed by atoms with Crippen molar-refractivity contribution in [3.05, 3.63) is 23.5 Å². The SMILES string of the molecule is CC1(O)CCC(Nc2ccnc(CC(F)C(C)(C)O)c2C(N)=O)CC1. The maximum Gasteiger partial charge on any atom is 0.252 e. The molecule has 1 heterocycles. The highest BCUT2D eigenvalue weighted by Crippen LogP contribution is 2.31. The first-order valence-corrected chi connectivity index (χ1v) is 8.62. The number of nitrogens with two attached hydrogens (primary N) is 1. The highest BCUT2D eigenvalue weighted by Gasteiger charge is 2.31. The topological polar surface area (TPSA) is 108 Å². The third kappa shape index (κ3) is 5.12. The van der Waals surface area contributed by atoms with Crippen LogP contribution >= 0.6 is 0 Å². The van der Waals surface area contributed by atoms with E-state index in [9.17, 15) is 19.4 Å². The van der Waals surface area contributed by atoms with Crippen LogP contribution < -0.4 is 11.1 Å². The Labute approximate surface area is 147 Å². The van der Waals surface area contributed by atoms with Gasteiger partial charge in [0.05, 0.1) is 28.1 Å². The maximum atomic E-state index is 14.2. The quantitative estimate of drug-likeness (QED) is 0.625. The number of carbonyl (C=O) groups is 1. The third-order valence-corrected chi connectivity index (χ3v) is 4.84. The minimum Gasteiger partial charge on any atom is -0.390 e. The molecule has 140 valence electrons. The maximum absolute atomic E-state index is 14.2. The van der Waals surface area contributed by atoms with Crippen molar-refractivity contribution in [3.63, 3.8) is 0 Å². The number of nitrogens with one attached hydrogen (secondary N) is 1. The first kappa shape index (κ1) is 19.6. The molecular formula is C18H28FN3O3. The van der Waals surface area contributed by atoms with E-state index in [-0.39, 0.29) is 23.7 Å². The van der Waals surface area contributed by atoms with Gasteiger partial charge in [-0.3, -0.25) is 9.78 Å². The molecule has 1 aromatic rings. The normalized spacial score (nSPS) is 25.4. The lowest BCUT2D eigenvalue weighted by molar-refractivity contribution is -0.00307. The second-order valence-electron chi connectivity index (χ2n) is 7.79. The van der Waals surface area contributed by atoms with E-state index in [0.29, 0.717) is 18.5 Å². The standard InChI is InChI=1S/C18H28FN3O3/c1-17(2,24)14(19)10-13-15(16(20)23)12(6-9-21-13)22-11-4-7-18(3,25)8-5-11/h6,9,11,14,24-25H,4-5,7-8,10H2,1-3H3,(H2,20,23)(H,21,22). The van der Waals surface area contributed by atoms with Crippen LogP contribution in [0.4, 0.5) is 10.1 Å². The van der Waals surface area contributed by atoms with E-state index in [1.807, 2.05) is 6.92 Å². The van der Waals surface area contributed by atoms with Crippen molar-refractivity contribution >= 4 is 11.6 Å². The monoisotopic (exact) mass is 353 g/mol. The molecule has 1 unspecified atom stereocenters. The van der Waals surface area contributed by atoms with Crippen molar-refractivity contribution in [2.75, 3.05) is 5.32 Å². The smallest absolute Gasteiger partial charge is 0.252 e. The molecule has 2 rings (SSSR count). The van der Waals surface area contributed by atoms with Crippen LogP contribution in [-0.2, 0) is 6.42 Å². The molecule has 1 atom stereocenters. The third-order valence-electron chi connectivity index (χ3n) is 4.84. The minimum absolute atomic E-state index is 0.101. The van der Waals surface area contributed by atoms with Crippen molar-refractivity contribution in [2.24, 2.45) is 5.73 Å². The summed E-state index contributed by atoms with van der Waals surface area (Å²) in [6.45, 7) is 4.57. The Morgan fingerprint density at radius 1 is 1.52 bits per heavy atom. The zero-order chi connectivity index (χ0) is 18.8. The Bertz CT molecular complexity index is 618. The molecule has 1 saturated carbocycles. The molecule has 25 heavy (non-hydrogen) atoms. The molecule has 1 amide bonds. The van der Waals surface area contributed by atoms with Crippen LogP contribution in [0.25, 0.3) is 0 Å². The number of amides is 1. The molecule has 0 saturated heterocycles. The second kappa shape index (κ2) is 7.25. The summed E-state index contributed by atoms with van der Waals surface area (Å²) in [6, 6.07) is 1.75. The molecule has 1 aliphatic carbocycles. The summed E-state index contributed by atoms with van der Waals surface area (Å²) >= 11 is 0. The number of pyridine rings is 1. The van der Waals surface area contributed by atoms with E-state index < -0.39 is 23.3 Å². The van der Waals surface area contributed by atoms with Gasteiger partial charge in [0.25, 0.3) is 5.91 Å². The number of alkyl halides is 1. The van der Waals surface area contributed by atoms with Crippen LogP contribution in [0.1, 0.15) is 62.5 Å². The van der Waals surface area contributed by atoms with Gasteiger partial charge in [0.1, 0.15) is 6.17 Å². The number of aromatic nitrogens is 1. The summed E-state index contributed by atoms with van der Waals surface area (Å²) in [5.41, 5.74) is 4.23. The fourth-order valence-electron chi connectivity index (χ4n) is 3.08. The summed E-state index contributed by atoms with van der Waals surface area (Å²) in [6.07, 6.45) is 2.59. The van der Waals surface area contributed by atoms with Crippen molar-refractivity contribution < 1.29 is 19.4 Å². The van der Waals surface area contributed by atoms with Crippen LogP contribution in [0.15, 0.2) is 12.3 Å². The number of hydrogen-bond acceptors (Lipinski definition) is 5. The number of anilines is 1. The van der Waals surface area contributed by atoms with Crippen molar-refractivity contribution in [3.8, 4) is 0 Å². The molecule has 0 aliphatic heterocycles. The molecule has 0 aromatic carbocycles. The first-order valence-electron chi connectivity index (χ1n) is 8.62. The molecule has 0 spiro atoms. The molecule has 1 aliphatic rings. The Kier molecular flexibility index (Phi) is 5.68. The molecule has 1 aromatic heterocycles. The number of carbonyl (C=O) groups excluding carboxylic acids is 1. The fraction of sp³-hybridized carbons (Fsp3) is 0.667. The average molecular weight is 353 g/mol. The van der Waals surface area contributed by atoms with Gasteiger partial charge in [0.15, 0.2) is 0 Å². The molecule has 7 heteroatoms. The fourth-order valence-corrected chi connectivity index (χ4v) is 3.08. The molecule has 6 nitrogen and oxygen atoms in total. The lowest BCUT2D eigenvalue weighted by Gasteiger charge is -2.34. The zero-order valence-electron chi connectivity index (χ0n) is 15.1. The first-order chi connectivity index (χ1) is 11.5. The minimum atomic E-state index is -1.57. The van der Waals surface area contributed by atoms with Crippen molar-refractivity contribution in [1.29, 1.82) is 0 Å². The summed E-state index contributed by atoms with van der Waals surface area (Å²) in [7, 11) is 0. The molecule has 1 fully saturated rings. The van der Waals surface area contributed by atoms with E-state index in [2.05, 4.69) is 10.3 Å². The predicted octanol–water partition coefficient (Wildman–Crippen LogP) is 1.94. The molecular weight excluding hydrogens is 325 g/mol. The summed E-state index contributed by atoms with van der Waals surface area (Å²) in [4.78, 5) is 16.0. The van der Waals surface area contributed by atoms with Gasteiger partial charge < -0.3 is 21.3 Å². The van der Waals surface area contributed by atoms with E-state index in [1.165, 1.54) is 20.0 Å². The summed E-state index contributed by atoms with van der Waals surface area (Å²) < 4.78 is 14.2. The van der Waals surface area contributed by atoms with Gasteiger partial charge in [-0.25, -0.2) is 4.39 Å². The highest BCUT2D eigenvalue weighted by atomic mass is 19.1. The second-order valence-corrected chi connectivity index (χ2v) is 7.79. The van der Waals surface area contributed by atoms with Gasteiger partial charge in [-0.15, -0.1) is 0 Å². The number of primary amides is 1. The van der Waals surface area contributed by atoms with Gasteiger partial charge in [0, 0.05) is 18.7 Å². The lowest BCUT2D eigenvalue weighted by Crippen LogP contribution is -2.37. The Balaban J connectivity index is 2.21. The molecule has 0 bridgehead atoms. The number of rotatable bonds is 6. The van der Waals surface area contributed by atoms with Gasteiger partial charge >= 0.3 is 0 Å². The average Bonchev–Trinajstić information content (AvgIpc) is 2.48. The number of halogens is 1. The van der Waals surface area contributed by atoms with E-state index in [4.69, 9.17) is 5.73 Å². The van der Waals surface area contributed by atoms with Crippen LogP contribution in [-0.4, -0.2) is 44.5 Å². The number of nitrogens with zero attached hydrogens (tertiary/aromatic N) is 1. The molecule has 0 radical (unpaired) electrons. The van der Waals surface area contributed by atoms with Crippen LogP contribution in [0.3, 0.4) is 0 Å². The lowest BCUT2D eigenvalue weighted by atomic mass is 9.83. The Morgan fingerprint density at radius 3 is 2.64 bits per heavy atom. The van der Waals surface area contributed by atoms with E-state index in [1.54, 1.807) is 6.07 Å². The number of hydrogen-bond donors (Lipinski definition) is 4. The summed E-state index contributed by atoms with van der Waals surface area (Å²) in [5.74, 6) is -0.684. The van der Waals surface area contributed by atoms with Gasteiger partial charge in [-0.1, -0.05) is 0 Å². The van der Waals surface area contributed by atoms with Gasteiger partial charge in [-0.05, 0) is 52.5 Å². The zero-order valence-corrected chi connectivity index (χ0v) is 15.1. The van der Waals surface area contributed by atoms with Gasteiger partial charge in [0.2, 0.25) is 0 Å². The van der Waals surface area contributed by atoms with Crippen LogP contribution in [0.2, 0.25) is 0 Å². The highest BCUT2D eigenvalue weighted by molar-refractivity contribution is 5.99. The van der Waals surface area contributed by atoms with E-state index in [0.717, 1.165) is 12.8 Å². The predicted molar refractivity (Wildman–Crippen MR) is 94.2 cm³/mol. The largest absolute Gasteiger partial charge is 0.390 e. The van der Waals surface area contributed by atoms with Crippen LogP contribution in [0.5, 0.6) is 0 Å². The summed E-state index contributed by atoms with van der Waals surface area (Å²) in [5, 5.41) is 23.1. The van der Waals surface area contributed by atoms with Crippen LogP contribution in [0, 0.1) is 0 Å². The number of aliphatic hydroxyl groups is 2.